The zero-order valence-electron chi connectivity index (χ0n) is 15.8. The van der Waals surface area contributed by atoms with Crippen LogP contribution in [0, 0.1) is 5.92 Å². The lowest BCUT2D eigenvalue weighted by molar-refractivity contribution is -0.135. The molecular formula is C22H27NO3. The first-order valence-electron chi connectivity index (χ1n) is 9.22. The number of rotatable bonds is 6. The van der Waals surface area contributed by atoms with Crippen LogP contribution in [0.1, 0.15) is 30.0 Å². The second kappa shape index (κ2) is 8.26. The molecule has 2 aromatic carbocycles. The fourth-order valence-electron chi connectivity index (χ4n) is 3.71. The van der Waals surface area contributed by atoms with Gasteiger partial charge >= 0.3 is 0 Å². The number of benzene rings is 2. The minimum Gasteiger partial charge on any atom is -0.493 e. The molecule has 0 N–H and O–H groups in total. The van der Waals surface area contributed by atoms with Crippen LogP contribution in [0.15, 0.2) is 42.5 Å². The van der Waals surface area contributed by atoms with Gasteiger partial charge in [-0.2, -0.15) is 0 Å². The average Bonchev–Trinajstić information content (AvgIpc) is 2.79. The lowest BCUT2D eigenvalue weighted by Gasteiger charge is -2.24. The molecule has 1 aliphatic rings. The van der Waals surface area contributed by atoms with Crippen LogP contribution >= 0.6 is 0 Å². The van der Waals surface area contributed by atoms with E-state index in [9.17, 15) is 4.79 Å². The van der Waals surface area contributed by atoms with Gasteiger partial charge in [0.2, 0.25) is 5.91 Å². The van der Waals surface area contributed by atoms with Crippen molar-refractivity contribution in [2.45, 2.75) is 32.7 Å². The number of carbonyl (C=O) groups is 1. The molecule has 3 rings (SSSR count). The van der Waals surface area contributed by atoms with Crippen molar-refractivity contribution in [3.63, 3.8) is 0 Å². The average molecular weight is 353 g/mol. The van der Waals surface area contributed by atoms with Crippen molar-refractivity contribution in [3.05, 3.63) is 59.2 Å². The molecule has 2 aromatic rings. The van der Waals surface area contributed by atoms with Crippen molar-refractivity contribution in [1.82, 2.24) is 4.90 Å². The van der Waals surface area contributed by atoms with Crippen molar-refractivity contribution in [2.24, 2.45) is 5.92 Å². The first-order chi connectivity index (χ1) is 12.7. The summed E-state index contributed by atoms with van der Waals surface area (Å²) in [6, 6.07) is 14.3. The van der Waals surface area contributed by atoms with Crippen LogP contribution < -0.4 is 9.47 Å². The molecule has 0 fully saturated rings. The van der Waals surface area contributed by atoms with Gasteiger partial charge in [0, 0.05) is 19.0 Å². The molecule has 0 unspecified atom stereocenters. The Hall–Kier alpha value is -2.49. The SMILES string of the molecule is CCCN1Cc2cc(OC)c(OC)cc2C[C@@H](Cc2ccccc2)C1=O. The molecule has 1 heterocycles. The Morgan fingerprint density at radius 1 is 1.04 bits per heavy atom. The largest absolute Gasteiger partial charge is 0.493 e. The molecule has 0 saturated carbocycles. The van der Waals surface area contributed by atoms with Gasteiger partial charge in [0.05, 0.1) is 14.2 Å². The molecule has 4 heteroatoms. The molecular weight excluding hydrogens is 326 g/mol. The van der Waals surface area contributed by atoms with E-state index in [0.29, 0.717) is 6.54 Å². The minimum atomic E-state index is -0.0525. The monoisotopic (exact) mass is 353 g/mol. The van der Waals surface area contributed by atoms with Gasteiger partial charge in [0.15, 0.2) is 11.5 Å². The van der Waals surface area contributed by atoms with Crippen molar-refractivity contribution in [1.29, 1.82) is 0 Å². The van der Waals surface area contributed by atoms with Gasteiger partial charge in [-0.05, 0) is 48.1 Å². The lowest BCUT2D eigenvalue weighted by Crippen LogP contribution is -2.36. The Labute approximate surface area is 155 Å². The van der Waals surface area contributed by atoms with Crippen LogP contribution in [0.2, 0.25) is 0 Å². The topological polar surface area (TPSA) is 38.8 Å². The maximum Gasteiger partial charge on any atom is 0.226 e. The summed E-state index contributed by atoms with van der Waals surface area (Å²) in [4.78, 5) is 15.2. The predicted octanol–water partition coefficient (Wildman–Crippen LogP) is 3.86. The summed E-state index contributed by atoms with van der Waals surface area (Å²) in [6.07, 6.45) is 2.43. The fourth-order valence-corrected chi connectivity index (χ4v) is 3.71. The highest BCUT2D eigenvalue weighted by Crippen LogP contribution is 2.35. The van der Waals surface area contributed by atoms with Crippen LogP contribution in [0.5, 0.6) is 11.5 Å². The molecule has 1 atom stereocenters. The molecule has 1 aliphatic heterocycles. The van der Waals surface area contributed by atoms with E-state index in [-0.39, 0.29) is 11.8 Å². The van der Waals surface area contributed by atoms with Gasteiger partial charge in [-0.25, -0.2) is 0 Å². The van der Waals surface area contributed by atoms with Crippen LogP contribution in [0.25, 0.3) is 0 Å². The molecule has 0 spiro atoms. The van der Waals surface area contributed by atoms with E-state index < -0.39 is 0 Å². The standard InChI is InChI=1S/C22H27NO3/c1-4-10-23-15-19-14-21(26-3)20(25-2)13-17(19)12-18(22(23)24)11-16-8-6-5-7-9-16/h5-9,13-14,18H,4,10-12,15H2,1-3H3/t18-/m1/s1. The highest BCUT2D eigenvalue weighted by molar-refractivity contribution is 5.80. The lowest BCUT2D eigenvalue weighted by atomic mass is 9.91. The van der Waals surface area contributed by atoms with E-state index in [2.05, 4.69) is 19.1 Å². The number of hydrogen-bond acceptors (Lipinski definition) is 3. The van der Waals surface area contributed by atoms with E-state index in [1.54, 1.807) is 14.2 Å². The summed E-state index contributed by atoms with van der Waals surface area (Å²) in [5.74, 6) is 1.63. The number of amides is 1. The highest BCUT2D eigenvalue weighted by atomic mass is 16.5. The Morgan fingerprint density at radius 3 is 2.31 bits per heavy atom. The first kappa shape index (κ1) is 18.3. The number of methoxy groups -OCH3 is 2. The molecule has 0 aliphatic carbocycles. The molecule has 26 heavy (non-hydrogen) atoms. The summed E-state index contributed by atoms with van der Waals surface area (Å²) in [5.41, 5.74) is 3.53. The van der Waals surface area contributed by atoms with Crippen molar-refractivity contribution >= 4 is 5.91 Å². The Balaban J connectivity index is 1.97. The number of carbonyl (C=O) groups excluding carboxylic acids is 1. The van der Waals surface area contributed by atoms with E-state index in [4.69, 9.17) is 9.47 Å². The van der Waals surface area contributed by atoms with Crippen LogP contribution in [0.3, 0.4) is 0 Å². The predicted molar refractivity (Wildman–Crippen MR) is 103 cm³/mol. The molecule has 0 aromatic heterocycles. The molecule has 0 bridgehead atoms. The molecule has 0 saturated heterocycles. The van der Waals surface area contributed by atoms with Gasteiger partial charge in [0.1, 0.15) is 0 Å². The maximum atomic E-state index is 13.2. The summed E-state index contributed by atoms with van der Waals surface area (Å²) in [5, 5.41) is 0. The van der Waals surface area contributed by atoms with Crippen molar-refractivity contribution < 1.29 is 14.3 Å². The molecule has 1 amide bonds. The third kappa shape index (κ3) is 3.85. The third-order valence-corrected chi connectivity index (χ3v) is 5.01. The van der Waals surface area contributed by atoms with E-state index in [1.807, 2.05) is 35.2 Å². The second-order valence-electron chi connectivity index (χ2n) is 6.83. The fraction of sp³-hybridized carbons (Fsp3) is 0.409. The van der Waals surface area contributed by atoms with Gasteiger partial charge in [-0.3, -0.25) is 4.79 Å². The van der Waals surface area contributed by atoms with E-state index in [0.717, 1.165) is 42.9 Å². The zero-order valence-corrected chi connectivity index (χ0v) is 15.8. The maximum absolute atomic E-state index is 13.2. The van der Waals surface area contributed by atoms with Crippen LogP contribution in [-0.2, 0) is 24.2 Å². The van der Waals surface area contributed by atoms with Crippen molar-refractivity contribution in [2.75, 3.05) is 20.8 Å². The smallest absolute Gasteiger partial charge is 0.226 e. The number of nitrogens with zero attached hydrogens (tertiary/aromatic N) is 1. The van der Waals surface area contributed by atoms with Gasteiger partial charge in [-0.15, -0.1) is 0 Å². The number of fused-ring (bicyclic) bond motifs is 1. The Kier molecular flexibility index (Phi) is 5.82. The number of ether oxygens (including phenoxy) is 2. The van der Waals surface area contributed by atoms with Gasteiger partial charge in [0.25, 0.3) is 0 Å². The number of hydrogen-bond donors (Lipinski definition) is 0. The molecule has 0 radical (unpaired) electrons. The van der Waals surface area contributed by atoms with Crippen LogP contribution in [0.4, 0.5) is 0 Å². The van der Waals surface area contributed by atoms with Crippen molar-refractivity contribution in [3.8, 4) is 11.5 Å². The first-order valence-corrected chi connectivity index (χ1v) is 9.22. The summed E-state index contributed by atoms with van der Waals surface area (Å²) >= 11 is 0. The summed E-state index contributed by atoms with van der Waals surface area (Å²) < 4.78 is 10.9. The zero-order chi connectivity index (χ0) is 18.5. The second-order valence-corrected chi connectivity index (χ2v) is 6.83. The van der Waals surface area contributed by atoms with Crippen LogP contribution in [-0.4, -0.2) is 31.6 Å². The van der Waals surface area contributed by atoms with Gasteiger partial charge < -0.3 is 14.4 Å². The normalized spacial score (nSPS) is 16.8. The summed E-state index contributed by atoms with van der Waals surface area (Å²) in [7, 11) is 3.30. The molecule has 138 valence electrons. The van der Waals surface area contributed by atoms with E-state index in [1.165, 1.54) is 11.1 Å². The summed E-state index contributed by atoms with van der Waals surface area (Å²) in [6.45, 7) is 3.52. The van der Waals surface area contributed by atoms with Gasteiger partial charge in [-0.1, -0.05) is 37.3 Å². The highest BCUT2D eigenvalue weighted by Gasteiger charge is 2.30. The Morgan fingerprint density at radius 2 is 1.69 bits per heavy atom. The van der Waals surface area contributed by atoms with E-state index >= 15 is 0 Å². The third-order valence-electron chi connectivity index (χ3n) is 5.01. The Bertz CT molecular complexity index is 757. The quantitative estimate of drug-likeness (QED) is 0.792. The minimum absolute atomic E-state index is 0.0525. The molecule has 4 nitrogen and oxygen atoms in total.